The fraction of sp³-hybridized carbons (Fsp3) is 0.400. The number of hydrogen-bond acceptors (Lipinski definition) is 3. The van der Waals surface area contributed by atoms with Gasteiger partial charge in [0.1, 0.15) is 9.48 Å². The number of carbonyl (C=O) groups is 1. The number of pyridine rings is 1. The van der Waals surface area contributed by atoms with Gasteiger partial charge in [-0.1, -0.05) is 33.6 Å². The predicted molar refractivity (Wildman–Crippen MR) is 62.2 cm³/mol. The lowest BCUT2D eigenvalue weighted by Gasteiger charge is -2.20. The minimum atomic E-state index is -0.874. The summed E-state index contributed by atoms with van der Waals surface area (Å²) in [5, 5.41) is 0.394. The Labute approximate surface area is 102 Å². The SMILES string of the molecule is CCOC(=O)C(C)(Br)c1ccc(Cl)nc1. The molecule has 0 bridgehead atoms. The Morgan fingerprint density at radius 3 is 2.80 bits per heavy atom. The maximum absolute atomic E-state index is 11.6. The van der Waals surface area contributed by atoms with Gasteiger partial charge in [0.25, 0.3) is 0 Å². The van der Waals surface area contributed by atoms with Crippen LogP contribution in [0.25, 0.3) is 0 Å². The van der Waals surface area contributed by atoms with Crippen LogP contribution in [0.3, 0.4) is 0 Å². The number of nitrogens with zero attached hydrogens (tertiary/aromatic N) is 1. The molecule has 1 aromatic heterocycles. The number of halogens is 2. The summed E-state index contributed by atoms with van der Waals surface area (Å²) in [5.41, 5.74) is 0.713. The third kappa shape index (κ3) is 2.92. The molecule has 1 rings (SSSR count). The minimum Gasteiger partial charge on any atom is -0.465 e. The number of esters is 1. The Morgan fingerprint density at radius 2 is 2.33 bits per heavy atom. The second kappa shape index (κ2) is 4.94. The van der Waals surface area contributed by atoms with Gasteiger partial charge in [0, 0.05) is 6.20 Å². The number of alkyl halides is 1. The van der Waals surface area contributed by atoms with Gasteiger partial charge in [-0.15, -0.1) is 0 Å². The average Bonchev–Trinajstić information content (AvgIpc) is 2.18. The standard InChI is InChI=1S/C10H11BrClNO2/c1-3-15-9(14)10(2,11)7-4-5-8(12)13-6-7/h4-6H,3H2,1-2H3. The highest BCUT2D eigenvalue weighted by molar-refractivity contribution is 9.10. The molecule has 0 N–H and O–H groups in total. The summed E-state index contributed by atoms with van der Waals surface area (Å²) in [6.45, 7) is 3.83. The fourth-order valence-corrected chi connectivity index (χ4v) is 1.50. The zero-order chi connectivity index (χ0) is 11.5. The number of hydrogen-bond donors (Lipinski definition) is 0. The quantitative estimate of drug-likeness (QED) is 0.488. The second-order valence-corrected chi connectivity index (χ2v) is 5.07. The smallest absolute Gasteiger partial charge is 0.327 e. The van der Waals surface area contributed by atoms with Gasteiger partial charge in [0.05, 0.1) is 6.61 Å². The molecule has 0 amide bonds. The molecule has 1 heterocycles. The summed E-state index contributed by atoms with van der Waals surface area (Å²) in [4.78, 5) is 15.5. The predicted octanol–water partition coefficient (Wildman–Crippen LogP) is 2.91. The van der Waals surface area contributed by atoms with E-state index in [-0.39, 0.29) is 5.97 Å². The van der Waals surface area contributed by atoms with Crippen LogP contribution in [0, 0.1) is 0 Å². The molecular weight excluding hydrogens is 281 g/mol. The van der Waals surface area contributed by atoms with Gasteiger partial charge in [-0.05, 0) is 25.5 Å². The van der Waals surface area contributed by atoms with Crippen LogP contribution in [-0.4, -0.2) is 17.6 Å². The average molecular weight is 293 g/mol. The van der Waals surface area contributed by atoms with Crippen LogP contribution in [0.15, 0.2) is 18.3 Å². The van der Waals surface area contributed by atoms with Gasteiger partial charge in [-0.25, -0.2) is 4.98 Å². The summed E-state index contributed by atoms with van der Waals surface area (Å²) in [6.07, 6.45) is 1.55. The molecule has 0 spiro atoms. The van der Waals surface area contributed by atoms with E-state index in [1.165, 1.54) is 0 Å². The van der Waals surface area contributed by atoms with Crippen molar-refractivity contribution in [2.24, 2.45) is 0 Å². The van der Waals surface area contributed by atoms with Crippen molar-refractivity contribution < 1.29 is 9.53 Å². The Kier molecular flexibility index (Phi) is 4.11. The molecule has 0 fully saturated rings. The molecule has 1 atom stereocenters. The highest BCUT2D eigenvalue weighted by Crippen LogP contribution is 2.32. The maximum atomic E-state index is 11.6. The molecule has 3 nitrogen and oxygen atoms in total. The molecule has 0 aliphatic rings. The highest BCUT2D eigenvalue weighted by atomic mass is 79.9. The van der Waals surface area contributed by atoms with Crippen LogP contribution >= 0.6 is 27.5 Å². The van der Waals surface area contributed by atoms with Gasteiger partial charge in [-0.2, -0.15) is 0 Å². The van der Waals surface area contributed by atoms with E-state index in [4.69, 9.17) is 16.3 Å². The van der Waals surface area contributed by atoms with Crippen molar-refractivity contribution in [1.82, 2.24) is 4.98 Å². The van der Waals surface area contributed by atoms with Crippen molar-refractivity contribution in [1.29, 1.82) is 0 Å². The van der Waals surface area contributed by atoms with E-state index < -0.39 is 4.32 Å². The summed E-state index contributed by atoms with van der Waals surface area (Å²) < 4.78 is 4.07. The molecule has 82 valence electrons. The fourth-order valence-electron chi connectivity index (χ4n) is 1.04. The summed E-state index contributed by atoms with van der Waals surface area (Å²) >= 11 is 8.98. The lowest BCUT2D eigenvalue weighted by Crippen LogP contribution is -2.28. The highest BCUT2D eigenvalue weighted by Gasteiger charge is 2.33. The van der Waals surface area contributed by atoms with Crippen molar-refractivity contribution in [3.8, 4) is 0 Å². The molecule has 15 heavy (non-hydrogen) atoms. The van der Waals surface area contributed by atoms with E-state index in [0.717, 1.165) is 0 Å². The van der Waals surface area contributed by atoms with Gasteiger partial charge >= 0.3 is 5.97 Å². The Balaban J connectivity index is 2.94. The molecule has 1 unspecified atom stereocenters. The third-order valence-corrected chi connectivity index (χ3v) is 2.93. The van der Waals surface area contributed by atoms with Crippen LogP contribution < -0.4 is 0 Å². The first kappa shape index (κ1) is 12.5. The number of carbonyl (C=O) groups excluding carboxylic acids is 1. The summed E-state index contributed by atoms with van der Waals surface area (Å²) in [5.74, 6) is -0.339. The van der Waals surface area contributed by atoms with Crippen LogP contribution in [0.2, 0.25) is 5.15 Å². The molecule has 0 radical (unpaired) electrons. The van der Waals surface area contributed by atoms with Crippen molar-refractivity contribution in [2.75, 3.05) is 6.61 Å². The zero-order valence-corrected chi connectivity index (χ0v) is 10.8. The topological polar surface area (TPSA) is 39.2 Å². The Bertz CT molecular complexity index is 351. The van der Waals surface area contributed by atoms with E-state index in [1.807, 2.05) is 0 Å². The van der Waals surface area contributed by atoms with E-state index in [2.05, 4.69) is 20.9 Å². The van der Waals surface area contributed by atoms with Gasteiger partial charge in [0.2, 0.25) is 0 Å². The molecule has 0 saturated heterocycles. The van der Waals surface area contributed by atoms with Gasteiger partial charge in [0.15, 0.2) is 0 Å². The molecule has 5 heteroatoms. The van der Waals surface area contributed by atoms with Crippen LogP contribution in [0.4, 0.5) is 0 Å². The van der Waals surface area contributed by atoms with E-state index in [0.29, 0.717) is 17.3 Å². The molecule has 0 aliphatic carbocycles. The monoisotopic (exact) mass is 291 g/mol. The molecular formula is C10H11BrClNO2. The number of aromatic nitrogens is 1. The first-order chi connectivity index (χ1) is 6.98. The van der Waals surface area contributed by atoms with E-state index in [1.54, 1.807) is 32.2 Å². The first-order valence-corrected chi connectivity index (χ1v) is 5.63. The maximum Gasteiger partial charge on any atom is 0.327 e. The van der Waals surface area contributed by atoms with Crippen LogP contribution in [-0.2, 0) is 13.9 Å². The van der Waals surface area contributed by atoms with Crippen molar-refractivity contribution in [2.45, 2.75) is 18.2 Å². The van der Waals surface area contributed by atoms with Crippen molar-refractivity contribution in [3.05, 3.63) is 29.0 Å². The summed E-state index contributed by atoms with van der Waals surface area (Å²) in [6, 6.07) is 3.37. The van der Waals surface area contributed by atoms with Gasteiger partial charge in [-0.3, -0.25) is 4.79 Å². The number of ether oxygens (including phenoxy) is 1. The number of rotatable bonds is 3. The third-order valence-electron chi connectivity index (χ3n) is 1.93. The second-order valence-electron chi connectivity index (χ2n) is 3.09. The van der Waals surface area contributed by atoms with Crippen LogP contribution in [0.5, 0.6) is 0 Å². The van der Waals surface area contributed by atoms with E-state index >= 15 is 0 Å². The minimum absolute atomic E-state index is 0.339. The normalized spacial score (nSPS) is 14.4. The zero-order valence-electron chi connectivity index (χ0n) is 8.46. The lowest BCUT2D eigenvalue weighted by atomic mass is 10.0. The van der Waals surface area contributed by atoms with Crippen molar-refractivity contribution in [3.63, 3.8) is 0 Å². The molecule has 0 saturated carbocycles. The Hall–Kier alpha value is -0.610. The molecule has 0 aromatic carbocycles. The van der Waals surface area contributed by atoms with Gasteiger partial charge < -0.3 is 4.74 Å². The first-order valence-electron chi connectivity index (χ1n) is 4.46. The largest absolute Gasteiger partial charge is 0.465 e. The molecule has 0 aliphatic heterocycles. The Morgan fingerprint density at radius 1 is 1.67 bits per heavy atom. The molecule has 1 aromatic rings. The van der Waals surface area contributed by atoms with Crippen LogP contribution in [0.1, 0.15) is 19.4 Å². The van der Waals surface area contributed by atoms with Crippen molar-refractivity contribution >= 4 is 33.5 Å². The summed E-state index contributed by atoms with van der Waals surface area (Å²) in [7, 11) is 0. The van der Waals surface area contributed by atoms with E-state index in [9.17, 15) is 4.79 Å². The lowest BCUT2D eigenvalue weighted by molar-refractivity contribution is -0.145.